The lowest BCUT2D eigenvalue weighted by atomic mass is 10.1. The van der Waals surface area contributed by atoms with E-state index in [9.17, 15) is 0 Å². The predicted molar refractivity (Wildman–Crippen MR) is 82.8 cm³/mol. The van der Waals surface area contributed by atoms with E-state index in [4.69, 9.17) is 11.6 Å². The van der Waals surface area contributed by atoms with E-state index >= 15 is 0 Å². The normalized spacial score (nSPS) is 25.1. The Morgan fingerprint density at radius 2 is 2.00 bits per heavy atom. The third-order valence-corrected chi connectivity index (χ3v) is 5.01. The van der Waals surface area contributed by atoms with Gasteiger partial charge in [0.1, 0.15) is 0 Å². The quantitative estimate of drug-likeness (QED) is 0.729. The molecule has 2 unspecified atom stereocenters. The molecule has 1 heterocycles. The summed E-state index contributed by atoms with van der Waals surface area (Å²) in [5, 5.41) is 3.06. The van der Waals surface area contributed by atoms with Crippen LogP contribution in [0.25, 0.3) is 0 Å². The van der Waals surface area contributed by atoms with Gasteiger partial charge in [0.05, 0.1) is 0 Å². The highest BCUT2D eigenvalue weighted by Gasteiger charge is 2.23. The Balaban J connectivity index is 2.26. The number of anilines is 1. The molecule has 1 aliphatic heterocycles. The lowest BCUT2D eigenvalue weighted by Gasteiger charge is -2.37. The van der Waals surface area contributed by atoms with Gasteiger partial charge in [0.15, 0.2) is 0 Å². The molecule has 17 heavy (non-hydrogen) atoms. The zero-order valence-electron chi connectivity index (χ0n) is 10.1. The van der Waals surface area contributed by atoms with Crippen LogP contribution in [0.15, 0.2) is 18.2 Å². The minimum Gasteiger partial charge on any atom is -0.369 e. The Morgan fingerprint density at radius 3 is 2.59 bits per heavy atom. The summed E-state index contributed by atoms with van der Waals surface area (Å²) in [6.45, 7) is 6.85. The summed E-state index contributed by atoms with van der Waals surface area (Å²) in [6.07, 6.45) is 0. The predicted octanol–water partition coefficient (Wildman–Crippen LogP) is 4.57. The zero-order valence-corrected chi connectivity index (χ0v) is 13.3. The molecule has 1 fully saturated rings. The number of thioether (sulfide) groups is 1. The Kier molecular flexibility index (Phi) is 4.67. The highest BCUT2D eigenvalue weighted by atomic mass is 79.9. The molecule has 94 valence electrons. The van der Waals surface area contributed by atoms with E-state index in [-0.39, 0.29) is 0 Å². The molecule has 1 nitrogen and oxygen atoms in total. The van der Waals surface area contributed by atoms with Gasteiger partial charge in [0, 0.05) is 39.6 Å². The fourth-order valence-corrected chi connectivity index (χ4v) is 4.31. The maximum atomic E-state index is 6.05. The van der Waals surface area contributed by atoms with Crippen molar-refractivity contribution in [2.24, 2.45) is 0 Å². The number of hydrogen-bond acceptors (Lipinski definition) is 2. The van der Waals surface area contributed by atoms with Gasteiger partial charge in [-0.1, -0.05) is 41.4 Å². The smallest absolute Gasteiger partial charge is 0.0410 e. The van der Waals surface area contributed by atoms with Crippen LogP contribution in [-0.2, 0) is 5.33 Å². The molecule has 2 atom stereocenters. The second-order valence-corrected chi connectivity index (χ2v) is 7.45. The molecule has 4 heteroatoms. The molecule has 0 spiro atoms. The van der Waals surface area contributed by atoms with Gasteiger partial charge < -0.3 is 4.90 Å². The average Bonchev–Trinajstić information content (AvgIpc) is 2.27. The molecule has 2 rings (SSSR count). The summed E-state index contributed by atoms with van der Waals surface area (Å²) in [6, 6.07) is 6.19. The Labute approximate surface area is 121 Å². The van der Waals surface area contributed by atoms with Crippen LogP contribution in [0, 0.1) is 0 Å². The van der Waals surface area contributed by atoms with Gasteiger partial charge in [0.25, 0.3) is 0 Å². The van der Waals surface area contributed by atoms with Crippen LogP contribution < -0.4 is 4.90 Å². The Hall–Kier alpha value is 0.140. The van der Waals surface area contributed by atoms with E-state index in [0.717, 1.165) is 23.4 Å². The van der Waals surface area contributed by atoms with Crippen molar-refractivity contribution in [1.29, 1.82) is 0 Å². The first-order chi connectivity index (χ1) is 8.10. The third-order valence-electron chi connectivity index (χ3n) is 2.95. The number of halogens is 2. The number of benzene rings is 1. The third kappa shape index (κ3) is 3.33. The maximum Gasteiger partial charge on any atom is 0.0410 e. The fraction of sp³-hybridized carbons (Fsp3) is 0.538. The van der Waals surface area contributed by atoms with E-state index < -0.39 is 0 Å². The molecule has 0 saturated carbocycles. The molecular weight excluding hydrogens is 318 g/mol. The fourth-order valence-electron chi connectivity index (χ4n) is 2.34. The largest absolute Gasteiger partial charge is 0.369 e. The second-order valence-electron chi connectivity index (χ2n) is 4.57. The molecule has 0 bridgehead atoms. The minimum atomic E-state index is 0.692. The first-order valence-electron chi connectivity index (χ1n) is 5.85. The lowest BCUT2D eigenvalue weighted by molar-refractivity contribution is 0.726. The van der Waals surface area contributed by atoms with Gasteiger partial charge >= 0.3 is 0 Å². The van der Waals surface area contributed by atoms with Crippen LogP contribution in [0.5, 0.6) is 0 Å². The van der Waals surface area contributed by atoms with Crippen LogP contribution in [0.3, 0.4) is 0 Å². The van der Waals surface area contributed by atoms with Crippen molar-refractivity contribution in [3.8, 4) is 0 Å². The molecule has 0 aromatic heterocycles. The summed E-state index contributed by atoms with van der Waals surface area (Å²) >= 11 is 11.7. The topological polar surface area (TPSA) is 3.24 Å². The highest BCUT2D eigenvalue weighted by molar-refractivity contribution is 9.08. The van der Waals surface area contributed by atoms with Gasteiger partial charge in [-0.15, -0.1) is 0 Å². The first-order valence-corrected chi connectivity index (χ1v) is 8.29. The van der Waals surface area contributed by atoms with Gasteiger partial charge in [-0.3, -0.25) is 0 Å². The SMILES string of the molecule is CC1CN(c2ccc(Cl)cc2CBr)CC(C)S1. The standard InChI is InChI=1S/C13H17BrClNS/c1-9-7-16(8-10(2)17-9)13-4-3-12(15)5-11(13)6-14/h3-5,9-10H,6-8H2,1-2H3. The Morgan fingerprint density at radius 1 is 1.35 bits per heavy atom. The van der Waals surface area contributed by atoms with Crippen molar-refractivity contribution in [3.05, 3.63) is 28.8 Å². The molecular formula is C13H17BrClNS. The molecule has 0 amide bonds. The van der Waals surface area contributed by atoms with E-state index in [0.29, 0.717) is 10.5 Å². The van der Waals surface area contributed by atoms with Crippen molar-refractivity contribution in [1.82, 2.24) is 0 Å². The molecule has 0 aliphatic carbocycles. The van der Waals surface area contributed by atoms with Crippen LogP contribution in [0.2, 0.25) is 5.02 Å². The zero-order chi connectivity index (χ0) is 12.4. The van der Waals surface area contributed by atoms with Crippen molar-refractivity contribution >= 4 is 45.0 Å². The van der Waals surface area contributed by atoms with Crippen molar-refractivity contribution in [2.45, 2.75) is 29.7 Å². The Bertz CT molecular complexity index is 389. The monoisotopic (exact) mass is 333 g/mol. The maximum absolute atomic E-state index is 6.05. The van der Waals surface area contributed by atoms with Crippen LogP contribution >= 0.6 is 39.3 Å². The minimum absolute atomic E-state index is 0.692. The van der Waals surface area contributed by atoms with Gasteiger partial charge in [-0.05, 0) is 23.8 Å². The van der Waals surface area contributed by atoms with E-state index in [2.05, 4.69) is 58.6 Å². The van der Waals surface area contributed by atoms with Crippen LogP contribution in [0.4, 0.5) is 5.69 Å². The molecule has 1 aromatic rings. The first kappa shape index (κ1) is 13.6. The molecule has 1 aliphatic rings. The van der Waals surface area contributed by atoms with Crippen molar-refractivity contribution in [2.75, 3.05) is 18.0 Å². The van der Waals surface area contributed by atoms with Gasteiger partial charge in [-0.25, -0.2) is 0 Å². The van der Waals surface area contributed by atoms with Gasteiger partial charge in [0.2, 0.25) is 0 Å². The van der Waals surface area contributed by atoms with E-state index in [1.54, 1.807) is 0 Å². The van der Waals surface area contributed by atoms with E-state index in [1.807, 2.05) is 6.07 Å². The molecule has 0 radical (unpaired) electrons. The molecule has 1 saturated heterocycles. The summed E-state index contributed by atoms with van der Waals surface area (Å²) in [7, 11) is 0. The second kappa shape index (κ2) is 5.85. The van der Waals surface area contributed by atoms with Crippen LogP contribution in [-0.4, -0.2) is 23.6 Å². The molecule has 0 N–H and O–H groups in total. The molecule has 1 aromatic carbocycles. The summed E-state index contributed by atoms with van der Waals surface area (Å²) < 4.78 is 0. The number of alkyl halides is 1. The highest BCUT2D eigenvalue weighted by Crippen LogP contribution is 2.32. The summed E-state index contributed by atoms with van der Waals surface area (Å²) in [5.41, 5.74) is 2.61. The van der Waals surface area contributed by atoms with E-state index in [1.165, 1.54) is 11.3 Å². The number of rotatable bonds is 2. The number of nitrogens with zero attached hydrogens (tertiary/aromatic N) is 1. The lowest BCUT2D eigenvalue weighted by Crippen LogP contribution is -2.40. The van der Waals surface area contributed by atoms with Crippen LogP contribution in [0.1, 0.15) is 19.4 Å². The average molecular weight is 335 g/mol. The van der Waals surface area contributed by atoms with Crippen molar-refractivity contribution < 1.29 is 0 Å². The van der Waals surface area contributed by atoms with Gasteiger partial charge in [-0.2, -0.15) is 11.8 Å². The summed E-state index contributed by atoms with van der Waals surface area (Å²) in [5.74, 6) is 0. The number of hydrogen-bond donors (Lipinski definition) is 0. The van der Waals surface area contributed by atoms with Crippen molar-refractivity contribution in [3.63, 3.8) is 0 Å². The summed E-state index contributed by atoms with van der Waals surface area (Å²) in [4.78, 5) is 2.48.